The smallest absolute Gasteiger partial charge is 0.222 e. The molecule has 0 radical (unpaired) electrons. The average Bonchev–Trinajstić information content (AvgIpc) is 2.84. The number of aromatic nitrogens is 1. The van der Waals surface area contributed by atoms with Crippen LogP contribution in [-0.4, -0.2) is 42.0 Å². The van der Waals surface area contributed by atoms with Crippen molar-refractivity contribution in [1.29, 1.82) is 0 Å². The number of thiazole rings is 1. The van der Waals surface area contributed by atoms with Crippen LogP contribution in [0.3, 0.4) is 0 Å². The molecule has 19 heavy (non-hydrogen) atoms. The topological polar surface area (TPSA) is 45.2 Å². The van der Waals surface area contributed by atoms with Crippen LogP contribution in [0.5, 0.6) is 0 Å². The van der Waals surface area contributed by atoms with Gasteiger partial charge in [0.1, 0.15) is 0 Å². The maximum absolute atomic E-state index is 12.1. The lowest BCUT2D eigenvalue weighted by Gasteiger charge is -2.32. The van der Waals surface area contributed by atoms with E-state index in [9.17, 15) is 4.79 Å². The molecule has 0 spiro atoms. The fraction of sp³-hybridized carbons (Fsp3) is 0.714. The minimum atomic E-state index is 0.298. The van der Waals surface area contributed by atoms with E-state index in [4.69, 9.17) is 0 Å². The summed E-state index contributed by atoms with van der Waals surface area (Å²) >= 11 is 1.68. The first-order valence-electron chi connectivity index (χ1n) is 7.05. The minimum absolute atomic E-state index is 0.298. The van der Waals surface area contributed by atoms with Gasteiger partial charge in [0.05, 0.1) is 10.7 Å². The number of piperidine rings is 1. The minimum Gasteiger partial charge on any atom is -0.341 e. The highest BCUT2D eigenvalue weighted by atomic mass is 32.1. The average molecular weight is 281 g/mol. The van der Waals surface area contributed by atoms with Gasteiger partial charge in [0.15, 0.2) is 0 Å². The van der Waals surface area contributed by atoms with Gasteiger partial charge in [0.2, 0.25) is 5.91 Å². The zero-order valence-electron chi connectivity index (χ0n) is 11.8. The van der Waals surface area contributed by atoms with Gasteiger partial charge in [-0.1, -0.05) is 0 Å². The van der Waals surface area contributed by atoms with E-state index in [2.05, 4.69) is 15.7 Å². The number of carbonyl (C=O) groups is 1. The summed E-state index contributed by atoms with van der Waals surface area (Å²) in [6.45, 7) is 3.81. The third kappa shape index (κ3) is 4.28. The van der Waals surface area contributed by atoms with Crippen LogP contribution in [0, 0.1) is 6.92 Å². The number of amides is 1. The highest BCUT2D eigenvalue weighted by molar-refractivity contribution is 7.09. The van der Waals surface area contributed by atoms with Crippen LogP contribution in [-0.2, 0) is 11.2 Å². The predicted molar refractivity (Wildman–Crippen MR) is 78.5 cm³/mol. The maximum Gasteiger partial charge on any atom is 0.222 e. The molecule has 1 N–H and O–H groups in total. The Morgan fingerprint density at radius 1 is 1.63 bits per heavy atom. The Kier molecular flexibility index (Phi) is 5.34. The summed E-state index contributed by atoms with van der Waals surface area (Å²) in [7, 11) is 1.98. The van der Waals surface area contributed by atoms with Crippen molar-refractivity contribution >= 4 is 17.2 Å². The van der Waals surface area contributed by atoms with Gasteiger partial charge in [-0.05, 0) is 39.7 Å². The van der Waals surface area contributed by atoms with Gasteiger partial charge in [-0.15, -0.1) is 11.3 Å². The summed E-state index contributed by atoms with van der Waals surface area (Å²) in [6, 6.07) is 0.471. The Morgan fingerprint density at radius 2 is 2.47 bits per heavy atom. The monoisotopic (exact) mass is 281 g/mol. The van der Waals surface area contributed by atoms with E-state index in [1.165, 1.54) is 6.42 Å². The fourth-order valence-electron chi connectivity index (χ4n) is 2.54. The molecule has 0 aromatic carbocycles. The number of hydrogen-bond donors (Lipinski definition) is 1. The van der Waals surface area contributed by atoms with Gasteiger partial charge in [-0.25, -0.2) is 4.98 Å². The van der Waals surface area contributed by atoms with Gasteiger partial charge in [0, 0.05) is 30.9 Å². The van der Waals surface area contributed by atoms with Crippen LogP contribution in [0.15, 0.2) is 5.38 Å². The Bertz CT molecular complexity index is 419. The summed E-state index contributed by atoms with van der Waals surface area (Å²) in [5, 5.41) is 6.47. The number of aryl methyl sites for hydroxylation is 2. The molecule has 1 fully saturated rings. The Hall–Kier alpha value is -0.940. The third-order valence-electron chi connectivity index (χ3n) is 3.67. The van der Waals surface area contributed by atoms with Crippen LogP contribution in [0.2, 0.25) is 0 Å². The second kappa shape index (κ2) is 7.01. The fourth-order valence-corrected chi connectivity index (χ4v) is 3.19. The highest BCUT2D eigenvalue weighted by Crippen LogP contribution is 2.14. The molecule has 1 aromatic heterocycles. The number of likely N-dealkylation sites (tertiary alicyclic amines) is 1. The first-order valence-corrected chi connectivity index (χ1v) is 7.93. The lowest BCUT2D eigenvalue weighted by Crippen LogP contribution is -2.46. The summed E-state index contributed by atoms with van der Waals surface area (Å²) in [5.74, 6) is 0.298. The number of nitrogens with one attached hydrogen (secondary N) is 1. The summed E-state index contributed by atoms with van der Waals surface area (Å²) < 4.78 is 0. The number of rotatable bonds is 5. The van der Waals surface area contributed by atoms with E-state index < -0.39 is 0 Å². The number of carbonyl (C=O) groups excluding carboxylic acids is 1. The van der Waals surface area contributed by atoms with E-state index >= 15 is 0 Å². The number of likely N-dealkylation sites (N-methyl/N-ethyl adjacent to an activating group) is 1. The molecule has 1 aliphatic heterocycles. The van der Waals surface area contributed by atoms with Crippen LogP contribution >= 0.6 is 11.3 Å². The summed E-state index contributed by atoms with van der Waals surface area (Å²) in [5.41, 5.74) is 1.13. The van der Waals surface area contributed by atoms with E-state index in [-0.39, 0.29) is 0 Å². The Morgan fingerprint density at radius 3 is 3.16 bits per heavy atom. The van der Waals surface area contributed by atoms with E-state index in [1.807, 2.05) is 18.9 Å². The molecule has 1 unspecified atom stereocenters. The molecular weight excluding hydrogens is 258 g/mol. The summed E-state index contributed by atoms with van der Waals surface area (Å²) in [4.78, 5) is 18.6. The number of hydrogen-bond acceptors (Lipinski definition) is 4. The normalized spacial score (nSPS) is 19.7. The maximum atomic E-state index is 12.1. The first kappa shape index (κ1) is 14.5. The molecule has 1 saturated heterocycles. The SMILES string of the molecule is CNC1CCCN(C(=O)CCCc2csc(C)n2)C1. The first-order chi connectivity index (χ1) is 9.19. The molecule has 4 nitrogen and oxygen atoms in total. The van der Waals surface area contributed by atoms with Crippen molar-refractivity contribution in [3.05, 3.63) is 16.1 Å². The zero-order valence-corrected chi connectivity index (χ0v) is 12.6. The second-order valence-corrected chi connectivity index (χ2v) is 6.24. The van der Waals surface area contributed by atoms with E-state index in [0.717, 1.165) is 43.1 Å². The lowest BCUT2D eigenvalue weighted by molar-refractivity contribution is -0.132. The van der Waals surface area contributed by atoms with Gasteiger partial charge in [0.25, 0.3) is 0 Å². The third-order valence-corrected chi connectivity index (χ3v) is 4.49. The Labute approximate surface area is 119 Å². The van der Waals surface area contributed by atoms with Crippen molar-refractivity contribution in [1.82, 2.24) is 15.2 Å². The zero-order chi connectivity index (χ0) is 13.7. The molecule has 0 bridgehead atoms. The molecule has 0 saturated carbocycles. The standard InChI is InChI=1S/C14H23N3OS/c1-11-16-13(10-19-11)5-3-7-14(18)17-8-4-6-12(9-17)15-2/h10,12,15H,3-9H2,1-2H3. The quantitative estimate of drug-likeness (QED) is 0.897. The van der Waals surface area contributed by atoms with Gasteiger partial charge < -0.3 is 10.2 Å². The molecule has 2 rings (SSSR count). The molecule has 1 aromatic rings. The molecular formula is C14H23N3OS. The predicted octanol–water partition coefficient (Wildman–Crippen LogP) is 1.98. The van der Waals surface area contributed by atoms with Gasteiger partial charge in [-0.3, -0.25) is 4.79 Å². The largest absolute Gasteiger partial charge is 0.341 e. The molecule has 0 aliphatic carbocycles. The molecule has 106 valence electrons. The highest BCUT2D eigenvalue weighted by Gasteiger charge is 2.21. The molecule has 1 aliphatic rings. The molecule has 2 heterocycles. The van der Waals surface area contributed by atoms with Crippen LogP contribution in [0.1, 0.15) is 36.4 Å². The second-order valence-electron chi connectivity index (χ2n) is 5.18. The Balaban J connectivity index is 1.72. The van der Waals surface area contributed by atoms with Crippen molar-refractivity contribution < 1.29 is 4.79 Å². The van der Waals surface area contributed by atoms with Gasteiger partial charge in [-0.2, -0.15) is 0 Å². The molecule has 1 amide bonds. The van der Waals surface area contributed by atoms with Crippen molar-refractivity contribution in [2.24, 2.45) is 0 Å². The van der Waals surface area contributed by atoms with Crippen molar-refractivity contribution in [2.75, 3.05) is 20.1 Å². The van der Waals surface area contributed by atoms with Crippen LogP contribution < -0.4 is 5.32 Å². The van der Waals surface area contributed by atoms with E-state index in [0.29, 0.717) is 18.4 Å². The van der Waals surface area contributed by atoms with Crippen LogP contribution in [0.4, 0.5) is 0 Å². The van der Waals surface area contributed by atoms with Crippen LogP contribution in [0.25, 0.3) is 0 Å². The van der Waals surface area contributed by atoms with Gasteiger partial charge >= 0.3 is 0 Å². The van der Waals surface area contributed by atoms with E-state index in [1.54, 1.807) is 11.3 Å². The van der Waals surface area contributed by atoms with Crippen molar-refractivity contribution in [3.63, 3.8) is 0 Å². The molecule has 5 heteroatoms. The van der Waals surface area contributed by atoms with Crippen molar-refractivity contribution in [3.8, 4) is 0 Å². The lowest BCUT2D eigenvalue weighted by atomic mass is 10.1. The van der Waals surface area contributed by atoms with Crippen molar-refractivity contribution in [2.45, 2.75) is 45.1 Å². The molecule has 1 atom stereocenters. The summed E-state index contributed by atoms with van der Waals surface area (Å²) in [6.07, 6.45) is 4.76. The number of nitrogens with zero attached hydrogens (tertiary/aromatic N) is 2.